The number of allylic oxidation sites excluding steroid dienone is 1. The third kappa shape index (κ3) is 12.2. The van der Waals surface area contributed by atoms with Crippen LogP contribution in [0.3, 0.4) is 0 Å². The van der Waals surface area contributed by atoms with Crippen LogP contribution in [-0.2, 0) is 9.59 Å². The Morgan fingerprint density at radius 2 is 1.67 bits per heavy atom. The second-order valence-corrected chi connectivity index (χ2v) is 2.67. The zero-order valence-electron chi connectivity index (χ0n) is 7.07. The Kier molecular flexibility index (Phi) is 10.1. The second-order valence-electron chi connectivity index (χ2n) is 1.82. The molecule has 0 aliphatic carbocycles. The molecule has 0 saturated heterocycles. The lowest BCUT2D eigenvalue weighted by atomic mass is 10.3. The molecule has 0 unspecified atom stereocenters. The van der Waals surface area contributed by atoms with Crippen molar-refractivity contribution in [1.82, 2.24) is 0 Å². The Morgan fingerprint density at radius 1 is 1.33 bits per heavy atom. The number of hydrogen-bond donors (Lipinski definition) is 2. The van der Waals surface area contributed by atoms with Crippen molar-refractivity contribution in [3.63, 3.8) is 0 Å². The normalized spacial score (nSPS) is 9.50. The van der Waals surface area contributed by atoms with Crippen molar-refractivity contribution in [1.29, 1.82) is 0 Å². The predicted octanol–water partition coefficient (Wildman–Crippen LogP) is 2.04. The van der Waals surface area contributed by atoms with Crippen molar-refractivity contribution in [3.05, 3.63) is 24.3 Å². The minimum atomic E-state index is -0.287. The van der Waals surface area contributed by atoms with Crippen molar-refractivity contribution >= 4 is 35.5 Å². The summed E-state index contributed by atoms with van der Waals surface area (Å²) in [5.41, 5.74) is 0.698. The largest absolute Gasteiger partial charge is 0.283 e. The van der Waals surface area contributed by atoms with Crippen molar-refractivity contribution in [2.24, 2.45) is 0 Å². The first kappa shape index (κ1) is 14.1. The van der Waals surface area contributed by atoms with Crippen LogP contribution in [0, 0.1) is 0 Å². The van der Waals surface area contributed by atoms with Gasteiger partial charge < -0.3 is 0 Å². The van der Waals surface area contributed by atoms with E-state index in [0.29, 0.717) is 5.57 Å². The molecule has 0 bridgehead atoms. The molecule has 0 atom stereocenters. The van der Waals surface area contributed by atoms with Crippen LogP contribution >= 0.6 is 25.3 Å². The minimum Gasteiger partial charge on any atom is -0.283 e. The molecule has 0 radical (unpaired) electrons. The van der Waals surface area contributed by atoms with Gasteiger partial charge in [-0.15, -0.1) is 25.3 Å². The van der Waals surface area contributed by atoms with Crippen molar-refractivity contribution < 1.29 is 9.59 Å². The van der Waals surface area contributed by atoms with Gasteiger partial charge in [0.05, 0.1) is 0 Å². The molecule has 2 nitrogen and oxygen atoms in total. The molecule has 0 aromatic carbocycles. The summed E-state index contributed by atoms with van der Waals surface area (Å²) in [6.45, 7) is 6.67. The Balaban J connectivity index is 0. The molecule has 0 N–H and O–H groups in total. The van der Waals surface area contributed by atoms with Crippen LogP contribution in [0.2, 0.25) is 0 Å². The Bertz CT molecular complexity index is 207. The van der Waals surface area contributed by atoms with Crippen LogP contribution < -0.4 is 0 Å². The summed E-state index contributed by atoms with van der Waals surface area (Å²) in [6, 6.07) is 0. The third-order valence-electron chi connectivity index (χ3n) is 0.945. The SMILES string of the molecule is C=CC(=O)S.CC=C(C)C(=O)S. The van der Waals surface area contributed by atoms with Crippen LogP contribution in [0.4, 0.5) is 0 Å². The monoisotopic (exact) mass is 204 g/mol. The van der Waals surface area contributed by atoms with Gasteiger partial charge in [-0.3, -0.25) is 9.59 Å². The summed E-state index contributed by atoms with van der Waals surface area (Å²) in [6.07, 6.45) is 2.87. The zero-order valence-corrected chi connectivity index (χ0v) is 8.86. The molecule has 0 aromatic rings. The highest BCUT2D eigenvalue weighted by Crippen LogP contribution is 1.95. The Hall–Kier alpha value is -0.480. The van der Waals surface area contributed by atoms with Crippen LogP contribution in [0.5, 0.6) is 0 Å². The molecule has 0 aliphatic heterocycles. The van der Waals surface area contributed by atoms with Gasteiger partial charge in [-0.05, 0) is 25.5 Å². The average molecular weight is 204 g/mol. The molecule has 0 spiro atoms. The average Bonchev–Trinajstić information content (AvgIpc) is 2.04. The molecule has 0 aliphatic rings. The van der Waals surface area contributed by atoms with Gasteiger partial charge in [-0.25, -0.2) is 0 Å². The maximum atomic E-state index is 10.2. The smallest absolute Gasteiger partial charge is 0.211 e. The minimum absolute atomic E-state index is 0.150. The molecule has 0 aromatic heterocycles. The number of hydrogen-bond acceptors (Lipinski definition) is 2. The van der Waals surface area contributed by atoms with Gasteiger partial charge in [0, 0.05) is 0 Å². The summed E-state index contributed by atoms with van der Waals surface area (Å²) >= 11 is 6.91. The molecule has 68 valence electrons. The summed E-state index contributed by atoms with van der Waals surface area (Å²) < 4.78 is 0. The van der Waals surface area contributed by atoms with E-state index in [1.54, 1.807) is 13.0 Å². The predicted molar refractivity (Wildman–Crippen MR) is 57.6 cm³/mol. The maximum Gasteiger partial charge on any atom is 0.211 e. The number of carbonyl (C=O) groups is 2. The fourth-order valence-electron chi connectivity index (χ4n) is 0.123. The van der Waals surface area contributed by atoms with Gasteiger partial charge in [-0.2, -0.15) is 0 Å². The molecule has 4 heteroatoms. The first-order chi connectivity index (χ1) is 5.45. The molecule has 0 amide bonds. The van der Waals surface area contributed by atoms with E-state index < -0.39 is 0 Å². The maximum absolute atomic E-state index is 10.2. The van der Waals surface area contributed by atoms with Crippen LogP contribution in [0.1, 0.15) is 13.8 Å². The molecular weight excluding hydrogens is 192 g/mol. The van der Waals surface area contributed by atoms with Gasteiger partial charge in [0.15, 0.2) is 0 Å². The van der Waals surface area contributed by atoms with E-state index >= 15 is 0 Å². The number of carbonyl (C=O) groups excluding carboxylic acids is 2. The summed E-state index contributed by atoms with van der Waals surface area (Å²) in [5, 5.41) is -0.437. The summed E-state index contributed by atoms with van der Waals surface area (Å²) in [4.78, 5) is 19.7. The zero-order chi connectivity index (χ0) is 10.1. The summed E-state index contributed by atoms with van der Waals surface area (Å²) in [5.74, 6) is 0. The first-order valence-electron chi connectivity index (χ1n) is 3.17. The van der Waals surface area contributed by atoms with E-state index in [4.69, 9.17) is 0 Å². The van der Waals surface area contributed by atoms with Crippen molar-refractivity contribution in [2.45, 2.75) is 13.8 Å². The lowest BCUT2D eigenvalue weighted by Gasteiger charge is -1.84. The van der Waals surface area contributed by atoms with Crippen LogP contribution in [0.25, 0.3) is 0 Å². The quantitative estimate of drug-likeness (QED) is 0.533. The van der Waals surface area contributed by atoms with Gasteiger partial charge in [0.1, 0.15) is 0 Å². The molecular formula is C8H12O2S2. The van der Waals surface area contributed by atoms with Gasteiger partial charge in [0.2, 0.25) is 10.2 Å². The van der Waals surface area contributed by atoms with Gasteiger partial charge in [0.25, 0.3) is 0 Å². The fourth-order valence-corrected chi connectivity index (χ4v) is 0.253. The molecule has 0 saturated carbocycles. The molecule has 0 rings (SSSR count). The lowest BCUT2D eigenvalue weighted by molar-refractivity contribution is -0.108. The van der Waals surface area contributed by atoms with E-state index in [2.05, 4.69) is 31.8 Å². The second kappa shape index (κ2) is 8.62. The highest BCUT2D eigenvalue weighted by atomic mass is 32.1. The third-order valence-corrected chi connectivity index (χ3v) is 1.48. The molecule has 12 heavy (non-hydrogen) atoms. The topological polar surface area (TPSA) is 34.1 Å². The van der Waals surface area contributed by atoms with E-state index in [0.717, 1.165) is 6.08 Å². The Morgan fingerprint density at radius 3 is 1.67 bits per heavy atom. The fraction of sp³-hybridized carbons (Fsp3) is 0.250. The van der Waals surface area contributed by atoms with Crippen LogP contribution in [-0.4, -0.2) is 10.2 Å². The number of rotatable bonds is 2. The first-order valence-corrected chi connectivity index (χ1v) is 4.06. The van der Waals surface area contributed by atoms with Gasteiger partial charge >= 0.3 is 0 Å². The van der Waals surface area contributed by atoms with E-state index in [1.807, 2.05) is 6.92 Å². The van der Waals surface area contributed by atoms with E-state index in [1.165, 1.54) is 0 Å². The van der Waals surface area contributed by atoms with E-state index in [-0.39, 0.29) is 10.2 Å². The standard InChI is InChI=1S/C5H8OS.C3H4OS/c1-3-4(2)5(6)7;1-2-3(4)5/h3H,1-2H3,(H,6,7);2H,1H2,(H,4,5). The highest BCUT2D eigenvalue weighted by Gasteiger charge is 1.90. The van der Waals surface area contributed by atoms with Gasteiger partial charge in [-0.1, -0.05) is 12.7 Å². The number of thiol groups is 2. The molecule has 0 heterocycles. The lowest BCUT2D eigenvalue weighted by Crippen LogP contribution is -1.84. The molecule has 0 fully saturated rings. The summed E-state index contributed by atoms with van der Waals surface area (Å²) in [7, 11) is 0. The van der Waals surface area contributed by atoms with Crippen molar-refractivity contribution in [3.8, 4) is 0 Å². The van der Waals surface area contributed by atoms with Crippen LogP contribution in [0.15, 0.2) is 24.3 Å². The van der Waals surface area contributed by atoms with E-state index in [9.17, 15) is 9.59 Å². The Labute approximate surface area is 83.6 Å². The highest BCUT2D eigenvalue weighted by molar-refractivity contribution is 7.97. The van der Waals surface area contributed by atoms with Crippen molar-refractivity contribution in [2.75, 3.05) is 0 Å².